The van der Waals surface area contributed by atoms with E-state index in [1.165, 1.54) is 0 Å². The number of carbonyl (C=O) groups is 1. The Morgan fingerprint density at radius 3 is 2.65 bits per heavy atom. The van der Waals surface area contributed by atoms with Gasteiger partial charge in [0.2, 0.25) is 10.0 Å². The highest BCUT2D eigenvalue weighted by atomic mass is 35.5. The Morgan fingerprint density at radius 2 is 1.94 bits per heavy atom. The van der Waals surface area contributed by atoms with Crippen LogP contribution in [0.2, 0.25) is 0 Å². The number of hydrogen-bond donors (Lipinski definition) is 1. The summed E-state index contributed by atoms with van der Waals surface area (Å²) in [5.41, 5.74) is 1.20. The van der Waals surface area contributed by atoms with Crippen molar-refractivity contribution >= 4 is 33.4 Å². The third-order valence-electron chi connectivity index (χ3n) is 5.18. The van der Waals surface area contributed by atoms with Crippen LogP contribution in [0.15, 0.2) is 47.4 Å². The first-order valence-corrected chi connectivity index (χ1v) is 12.1. The van der Waals surface area contributed by atoms with Crippen molar-refractivity contribution < 1.29 is 22.7 Å². The number of anilines is 1. The second-order valence-corrected chi connectivity index (χ2v) is 10.6. The summed E-state index contributed by atoms with van der Waals surface area (Å²) in [6.45, 7) is 5.78. The normalized spacial score (nSPS) is 21.0. The number of carbonyl (C=O) groups excluding carboxylic acids is 1. The molecule has 2 aromatic rings. The number of ether oxygens (including phenoxy) is 2. The lowest BCUT2D eigenvalue weighted by Gasteiger charge is -2.22. The molecule has 31 heavy (non-hydrogen) atoms. The van der Waals surface area contributed by atoms with Gasteiger partial charge in [-0.2, -0.15) is 0 Å². The predicted octanol–water partition coefficient (Wildman–Crippen LogP) is 4.15. The number of rotatable bonds is 4. The van der Waals surface area contributed by atoms with Gasteiger partial charge in [0.1, 0.15) is 11.9 Å². The minimum absolute atomic E-state index is 0.180. The molecule has 7 nitrogen and oxygen atoms in total. The Labute approximate surface area is 187 Å². The summed E-state index contributed by atoms with van der Waals surface area (Å²) in [6, 6.07) is 11.9. The van der Waals surface area contributed by atoms with Crippen molar-refractivity contribution in [2.24, 2.45) is 0 Å². The maximum absolute atomic E-state index is 13.0. The number of alkyl halides is 1. The van der Waals surface area contributed by atoms with Crippen LogP contribution in [0, 0.1) is 0 Å². The minimum Gasteiger partial charge on any atom is -0.491 e. The van der Waals surface area contributed by atoms with Gasteiger partial charge < -0.3 is 9.47 Å². The van der Waals surface area contributed by atoms with E-state index in [1.807, 2.05) is 0 Å². The van der Waals surface area contributed by atoms with Crippen molar-refractivity contribution in [1.29, 1.82) is 0 Å². The molecule has 0 saturated carbocycles. The fourth-order valence-corrected chi connectivity index (χ4v) is 5.89. The van der Waals surface area contributed by atoms with Gasteiger partial charge in [0.25, 0.3) is 0 Å². The van der Waals surface area contributed by atoms with Crippen molar-refractivity contribution in [3.63, 3.8) is 0 Å². The van der Waals surface area contributed by atoms with Crippen LogP contribution >= 0.6 is 11.6 Å². The van der Waals surface area contributed by atoms with Gasteiger partial charge in [0.15, 0.2) is 0 Å². The number of benzene rings is 2. The van der Waals surface area contributed by atoms with Gasteiger partial charge in [0.05, 0.1) is 29.1 Å². The summed E-state index contributed by atoms with van der Waals surface area (Å²) in [7, 11) is -3.75. The Bertz CT molecular complexity index is 1110. The molecular formula is C22H25ClN2O5S. The fraction of sp³-hybridized carbons (Fsp3) is 0.409. The minimum atomic E-state index is -3.75. The van der Waals surface area contributed by atoms with E-state index < -0.39 is 27.8 Å². The van der Waals surface area contributed by atoms with Crippen LogP contribution in [0.3, 0.4) is 0 Å². The fourth-order valence-electron chi connectivity index (χ4n) is 3.98. The summed E-state index contributed by atoms with van der Waals surface area (Å²) in [5.74, 6) is 0.718. The monoisotopic (exact) mass is 464 g/mol. The number of hydrogen-bond acceptors (Lipinski definition) is 5. The Kier molecular flexibility index (Phi) is 5.66. The van der Waals surface area contributed by atoms with E-state index >= 15 is 0 Å². The van der Waals surface area contributed by atoms with Crippen molar-refractivity contribution in [3.05, 3.63) is 42.5 Å². The molecular weight excluding hydrogens is 440 g/mol. The number of halogens is 1. The van der Waals surface area contributed by atoms with Crippen LogP contribution in [0.25, 0.3) is 11.1 Å². The molecule has 0 spiro atoms. The van der Waals surface area contributed by atoms with Gasteiger partial charge >= 0.3 is 6.09 Å². The second-order valence-electron chi connectivity index (χ2n) is 8.69. The zero-order valence-corrected chi connectivity index (χ0v) is 19.2. The van der Waals surface area contributed by atoms with E-state index in [0.717, 1.165) is 0 Å². The maximum Gasteiger partial charge on any atom is 0.415 e. The molecule has 166 valence electrons. The molecule has 2 aromatic carbocycles. The van der Waals surface area contributed by atoms with Gasteiger partial charge in [-0.1, -0.05) is 24.3 Å². The van der Waals surface area contributed by atoms with Gasteiger partial charge in [0, 0.05) is 17.5 Å². The van der Waals surface area contributed by atoms with Crippen LogP contribution in [0.5, 0.6) is 5.75 Å². The topological polar surface area (TPSA) is 84.9 Å². The first kappa shape index (κ1) is 21.9. The van der Waals surface area contributed by atoms with E-state index in [9.17, 15) is 13.2 Å². The molecule has 0 aromatic heterocycles. The molecule has 2 atom stereocenters. The Morgan fingerprint density at radius 1 is 1.19 bits per heavy atom. The molecule has 4 rings (SSSR count). The molecule has 2 heterocycles. The Hall–Kier alpha value is -2.29. The number of cyclic esters (lactones) is 1. The lowest BCUT2D eigenvalue weighted by molar-refractivity contribution is 0.139. The number of fused-ring (bicyclic) bond motifs is 3. The van der Waals surface area contributed by atoms with Gasteiger partial charge in [-0.05, 0) is 44.5 Å². The van der Waals surface area contributed by atoms with Crippen LogP contribution in [-0.2, 0) is 14.8 Å². The molecule has 1 amide bonds. The van der Waals surface area contributed by atoms with Crippen LogP contribution in [-0.4, -0.2) is 44.7 Å². The molecule has 1 saturated heterocycles. The number of nitrogens with zero attached hydrogens (tertiary/aromatic N) is 1. The largest absolute Gasteiger partial charge is 0.491 e. The number of nitrogens with one attached hydrogen (secondary N) is 1. The summed E-state index contributed by atoms with van der Waals surface area (Å²) < 4.78 is 40.1. The van der Waals surface area contributed by atoms with Crippen molar-refractivity contribution in [1.82, 2.24) is 4.72 Å². The SMILES string of the molecule is CC(C)(C)NS(=O)(=O)c1ccccc1-c1ccc2c(c1)OCC[C@H]1[C@H](CCl)OC(=O)N21. The lowest BCUT2D eigenvalue weighted by Crippen LogP contribution is -2.40. The van der Waals surface area contributed by atoms with E-state index in [0.29, 0.717) is 35.6 Å². The van der Waals surface area contributed by atoms with Crippen LogP contribution in [0.1, 0.15) is 27.2 Å². The van der Waals surface area contributed by atoms with Crippen LogP contribution in [0.4, 0.5) is 10.5 Å². The van der Waals surface area contributed by atoms with E-state index in [1.54, 1.807) is 68.1 Å². The highest BCUT2D eigenvalue weighted by molar-refractivity contribution is 7.89. The first-order valence-electron chi connectivity index (χ1n) is 10.1. The summed E-state index contributed by atoms with van der Waals surface area (Å²) in [6.07, 6.45) is -0.251. The first-order chi connectivity index (χ1) is 14.6. The average Bonchev–Trinajstić information content (AvgIpc) is 2.89. The van der Waals surface area contributed by atoms with Crippen LogP contribution < -0.4 is 14.4 Å². The zero-order chi connectivity index (χ0) is 22.4. The zero-order valence-electron chi connectivity index (χ0n) is 17.6. The number of sulfonamides is 1. The second kappa shape index (κ2) is 8.00. The lowest BCUT2D eigenvalue weighted by atomic mass is 10.0. The van der Waals surface area contributed by atoms with E-state index in [2.05, 4.69) is 4.72 Å². The predicted molar refractivity (Wildman–Crippen MR) is 119 cm³/mol. The molecule has 0 bridgehead atoms. The van der Waals surface area contributed by atoms with E-state index in [4.69, 9.17) is 21.1 Å². The molecule has 0 unspecified atom stereocenters. The van der Waals surface area contributed by atoms with Gasteiger partial charge in [-0.3, -0.25) is 4.90 Å². The summed E-state index contributed by atoms with van der Waals surface area (Å²) in [5, 5.41) is 0. The smallest absolute Gasteiger partial charge is 0.415 e. The third-order valence-corrected chi connectivity index (χ3v) is 7.30. The summed E-state index contributed by atoms with van der Waals surface area (Å²) in [4.78, 5) is 14.2. The maximum atomic E-state index is 13.0. The Balaban J connectivity index is 1.77. The van der Waals surface area contributed by atoms with Crippen molar-refractivity contribution in [2.75, 3.05) is 17.4 Å². The molecule has 9 heteroatoms. The molecule has 2 aliphatic rings. The highest BCUT2D eigenvalue weighted by Gasteiger charge is 2.44. The average molecular weight is 465 g/mol. The van der Waals surface area contributed by atoms with Crippen molar-refractivity contribution in [3.8, 4) is 16.9 Å². The standard InChI is InChI=1S/C22H25ClN2O5S/c1-22(2,3)24-31(27,28)20-7-5-4-6-15(20)14-8-9-16-18(12-14)29-11-10-17-19(13-23)30-21(26)25(16)17/h4-9,12,17,19,24H,10-11,13H2,1-3H3/t17-,19-/m0/s1. The molecule has 0 radical (unpaired) electrons. The third kappa shape index (κ3) is 4.24. The van der Waals surface area contributed by atoms with Crippen molar-refractivity contribution in [2.45, 2.75) is 49.8 Å². The quantitative estimate of drug-likeness (QED) is 0.687. The molecule has 0 aliphatic carbocycles. The summed E-state index contributed by atoms with van der Waals surface area (Å²) >= 11 is 5.98. The van der Waals surface area contributed by atoms with E-state index in [-0.39, 0.29) is 16.8 Å². The molecule has 2 aliphatic heterocycles. The molecule has 1 fully saturated rings. The number of amides is 1. The highest BCUT2D eigenvalue weighted by Crippen LogP contribution is 2.41. The molecule has 1 N–H and O–H groups in total. The van der Waals surface area contributed by atoms with Gasteiger partial charge in [-0.15, -0.1) is 11.6 Å². The van der Waals surface area contributed by atoms with Gasteiger partial charge in [-0.25, -0.2) is 17.9 Å².